The maximum absolute atomic E-state index is 13.0. The first-order valence-corrected chi connectivity index (χ1v) is 14.9. The van der Waals surface area contributed by atoms with Crippen LogP contribution in [0.3, 0.4) is 0 Å². The van der Waals surface area contributed by atoms with E-state index in [2.05, 4.69) is 10.6 Å². The van der Waals surface area contributed by atoms with Gasteiger partial charge in [-0.15, -0.1) is 0 Å². The van der Waals surface area contributed by atoms with Gasteiger partial charge in [-0.1, -0.05) is 62.9 Å². The molecule has 1 aliphatic heterocycles. The number of alkyl carbamates (subject to hydrolysis) is 1. The number of nitrogens with one attached hydrogen (secondary N) is 2. The maximum atomic E-state index is 13.0. The molecule has 44 heavy (non-hydrogen) atoms. The standard InChI is InChI=1S/C30H46N2O12/c1-18(28(39)40)15-22(34)19(2)31-27(38)21(32-29(41)43-17-20-11-7-6-8-12-20)13-9-4-3-5-10-14-30(42)26(37)25(36)24(35)23(16-33)44-30/h6-8,11-12,18-19,21,23-26,33,35-37,42H,3-5,9-10,13-17H2,1-2H3,(H,31,38)(H,32,41)(H,39,40)/t18-,19+,21+,23-,24+,25+,26-,30?/m1/s1. The van der Waals surface area contributed by atoms with E-state index in [0.717, 1.165) is 5.56 Å². The van der Waals surface area contributed by atoms with Gasteiger partial charge in [0.1, 0.15) is 37.1 Å². The Labute approximate surface area is 256 Å². The van der Waals surface area contributed by atoms with Crippen molar-refractivity contribution in [3.8, 4) is 0 Å². The van der Waals surface area contributed by atoms with Gasteiger partial charge in [-0.05, 0) is 25.3 Å². The number of benzene rings is 1. The van der Waals surface area contributed by atoms with Gasteiger partial charge in [-0.2, -0.15) is 0 Å². The summed E-state index contributed by atoms with van der Waals surface area (Å²) in [5, 5.41) is 64.1. The lowest BCUT2D eigenvalue weighted by Gasteiger charge is -2.45. The zero-order valence-corrected chi connectivity index (χ0v) is 25.1. The van der Waals surface area contributed by atoms with E-state index in [9.17, 15) is 44.7 Å². The van der Waals surface area contributed by atoms with Crippen molar-refractivity contribution in [1.82, 2.24) is 10.6 Å². The molecule has 0 spiro atoms. The Bertz CT molecular complexity index is 1070. The molecule has 1 heterocycles. The van der Waals surface area contributed by atoms with Crippen molar-refractivity contribution in [3.63, 3.8) is 0 Å². The topological polar surface area (TPSA) is 232 Å². The molecular formula is C30H46N2O12. The van der Waals surface area contributed by atoms with Crippen LogP contribution in [0.4, 0.5) is 4.79 Å². The van der Waals surface area contributed by atoms with E-state index in [0.29, 0.717) is 32.1 Å². The van der Waals surface area contributed by atoms with Crippen LogP contribution in [0.15, 0.2) is 30.3 Å². The lowest BCUT2D eigenvalue weighted by molar-refractivity contribution is -0.351. The number of carbonyl (C=O) groups excluding carboxylic acids is 3. The van der Waals surface area contributed by atoms with Crippen molar-refractivity contribution >= 4 is 23.8 Å². The second-order valence-corrected chi connectivity index (χ2v) is 11.3. The van der Waals surface area contributed by atoms with Crippen LogP contribution >= 0.6 is 0 Å². The first-order chi connectivity index (χ1) is 20.8. The predicted molar refractivity (Wildman–Crippen MR) is 155 cm³/mol. The maximum Gasteiger partial charge on any atom is 0.408 e. The van der Waals surface area contributed by atoms with E-state index < -0.39 is 78.6 Å². The molecule has 248 valence electrons. The molecule has 1 fully saturated rings. The van der Waals surface area contributed by atoms with E-state index >= 15 is 0 Å². The fraction of sp³-hybridized carbons (Fsp3) is 0.667. The molecule has 1 unspecified atom stereocenters. The summed E-state index contributed by atoms with van der Waals surface area (Å²) in [6.45, 7) is 2.18. The number of hydrogen-bond acceptors (Lipinski definition) is 11. The molecule has 14 nitrogen and oxygen atoms in total. The third-order valence-electron chi connectivity index (χ3n) is 7.67. The van der Waals surface area contributed by atoms with Crippen molar-refractivity contribution in [2.75, 3.05) is 6.61 Å². The number of Topliss-reactive ketones (excluding diaryl/α,β-unsaturated/α-hetero) is 1. The number of ether oxygens (including phenoxy) is 2. The highest BCUT2D eigenvalue weighted by atomic mass is 16.7. The average molecular weight is 627 g/mol. The molecule has 2 rings (SSSR count). The van der Waals surface area contributed by atoms with Crippen molar-refractivity contribution < 1.29 is 59.3 Å². The lowest BCUT2D eigenvalue weighted by atomic mass is 9.89. The van der Waals surface area contributed by atoms with Gasteiger partial charge in [0.2, 0.25) is 5.91 Å². The number of rotatable bonds is 18. The highest BCUT2D eigenvalue weighted by Gasteiger charge is 2.52. The van der Waals surface area contributed by atoms with Gasteiger partial charge in [0.15, 0.2) is 11.6 Å². The van der Waals surface area contributed by atoms with Gasteiger partial charge in [-0.3, -0.25) is 14.4 Å². The van der Waals surface area contributed by atoms with Crippen LogP contribution in [0, 0.1) is 5.92 Å². The summed E-state index contributed by atoms with van der Waals surface area (Å²) in [4.78, 5) is 49.0. The van der Waals surface area contributed by atoms with E-state index in [1.165, 1.54) is 13.8 Å². The fourth-order valence-corrected chi connectivity index (χ4v) is 4.82. The van der Waals surface area contributed by atoms with Crippen molar-refractivity contribution in [1.29, 1.82) is 0 Å². The number of carboxylic acid groups (broad SMARTS) is 1. The summed E-state index contributed by atoms with van der Waals surface area (Å²) in [6.07, 6.45) is -4.41. The molecule has 1 saturated heterocycles. The van der Waals surface area contributed by atoms with Crippen molar-refractivity contribution in [2.45, 2.75) is 114 Å². The molecule has 0 radical (unpaired) electrons. The van der Waals surface area contributed by atoms with E-state index in [-0.39, 0.29) is 25.9 Å². The van der Waals surface area contributed by atoms with Crippen LogP contribution < -0.4 is 10.6 Å². The first-order valence-electron chi connectivity index (χ1n) is 14.9. The van der Waals surface area contributed by atoms with Gasteiger partial charge in [0.25, 0.3) is 0 Å². The molecule has 0 bridgehead atoms. The van der Waals surface area contributed by atoms with Crippen LogP contribution in [0.2, 0.25) is 0 Å². The molecule has 8 atom stereocenters. The molecule has 0 saturated carbocycles. The Morgan fingerprint density at radius 1 is 0.955 bits per heavy atom. The zero-order chi connectivity index (χ0) is 32.9. The van der Waals surface area contributed by atoms with Gasteiger partial charge >= 0.3 is 12.1 Å². The minimum Gasteiger partial charge on any atom is -0.481 e. The summed E-state index contributed by atoms with van der Waals surface area (Å²) >= 11 is 0. The minimum atomic E-state index is -2.13. The first kappa shape index (κ1) is 37.0. The molecule has 8 N–H and O–H groups in total. The van der Waals surface area contributed by atoms with Crippen molar-refractivity contribution in [2.24, 2.45) is 5.92 Å². The number of aliphatic hydroxyl groups excluding tert-OH is 4. The molecule has 1 aromatic carbocycles. The Morgan fingerprint density at radius 3 is 2.23 bits per heavy atom. The summed E-state index contributed by atoms with van der Waals surface area (Å²) in [6, 6.07) is 6.96. The van der Waals surface area contributed by atoms with E-state index in [1.54, 1.807) is 24.3 Å². The summed E-state index contributed by atoms with van der Waals surface area (Å²) in [7, 11) is 0. The van der Waals surface area contributed by atoms with E-state index in [1.807, 2.05) is 6.07 Å². The Morgan fingerprint density at radius 2 is 1.59 bits per heavy atom. The Kier molecular flexibility index (Phi) is 15.1. The second-order valence-electron chi connectivity index (χ2n) is 11.3. The summed E-state index contributed by atoms with van der Waals surface area (Å²) < 4.78 is 10.5. The number of amides is 2. The van der Waals surface area contributed by atoms with Gasteiger partial charge < -0.3 is 50.7 Å². The Balaban J connectivity index is 1.87. The van der Waals surface area contributed by atoms with Crippen LogP contribution in [0.1, 0.15) is 70.8 Å². The largest absolute Gasteiger partial charge is 0.481 e. The SMILES string of the molecule is C[C@H](CC(=O)[C@H](C)NC(=O)[C@H](CCCCCCCC1(O)O[C@H](CO)[C@H](O)[C@H](O)[C@H]1O)NC(=O)OCc1ccccc1)C(=O)O. The minimum absolute atomic E-state index is 0.0111. The molecular weight excluding hydrogens is 580 g/mol. The third kappa shape index (κ3) is 11.4. The quantitative estimate of drug-likeness (QED) is 0.103. The Hall–Kier alpha value is -3.14. The number of ketones is 1. The van der Waals surface area contributed by atoms with Crippen molar-refractivity contribution in [3.05, 3.63) is 35.9 Å². The highest BCUT2D eigenvalue weighted by molar-refractivity contribution is 5.93. The third-order valence-corrected chi connectivity index (χ3v) is 7.67. The van der Waals surface area contributed by atoms with Gasteiger partial charge in [0, 0.05) is 12.8 Å². The van der Waals surface area contributed by atoms with Gasteiger partial charge in [-0.25, -0.2) is 4.79 Å². The average Bonchev–Trinajstić information content (AvgIpc) is 3.00. The van der Waals surface area contributed by atoms with Crippen LogP contribution in [0.5, 0.6) is 0 Å². The number of carbonyl (C=O) groups is 4. The summed E-state index contributed by atoms with van der Waals surface area (Å²) in [5.74, 6) is -5.24. The molecule has 1 aliphatic rings. The van der Waals surface area contributed by atoms with Crippen LogP contribution in [-0.2, 0) is 30.5 Å². The fourth-order valence-electron chi connectivity index (χ4n) is 4.82. The normalized spacial score (nSPS) is 25.3. The van der Waals surface area contributed by atoms with Crippen LogP contribution in [-0.4, -0.2) is 103 Å². The predicted octanol–water partition coefficient (Wildman–Crippen LogP) is 0.359. The monoisotopic (exact) mass is 626 g/mol. The number of aliphatic carboxylic acids is 1. The molecule has 1 aromatic rings. The molecule has 0 aromatic heterocycles. The van der Waals surface area contributed by atoms with Crippen LogP contribution in [0.25, 0.3) is 0 Å². The number of carboxylic acids is 1. The number of aliphatic hydroxyl groups is 5. The number of hydrogen-bond donors (Lipinski definition) is 8. The van der Waals surface area contributed by atoms with E-state index in [4.69, 9.17) is 14.6 Å². The highest BCUT2D eigenvalue weighted by Crippen LogP contribution is 2.32. The number of unbranched alkanes of at least 4 members (excludes halogenated alkanes) is 4. The van der Waals surface area contributed by atoms with Gasteiger partial charge in [0.05, 0.1) is 18.6 Å². The molecule has 0 aliphatic carbocycles. The molecule has 14 heteroatoms. The zero-order valence-electron chi connectivity index (χ0n) is 25.1. The smallest absolute Gasteiger partial charge is 0.408 e. The second kappa shape index (κ2) is 18.0. The lowest BCUT2D eigenvalue weighted by Crippen LogP contribution is -2.65. The summed E-state index contributed by atoms with van der Waals surface area (Å²) in [5.41, 5.74) is 0.754. The molecule has 2 amide bonds.